The average molecular weight is 1230 g/mol. The molecule has 2 saturated heterocycles. The summed E-state index contributed by atoms with van der Waals surface area (Å²) in [5.74, 6) is -8.55. The van der Waals surface area contributed by atoms with E-state index in [2.05, 4.69) is 16.0 Å². The van der Waals surface area contributed by atoms with Crippen molar-refractivity contribution in [2.45, 2.75) is 194 Å². The molecule has 11 amide bonds. The van der Waals surface area contributed by atoms with Gasteiger partial charge in [0.15, 0.2) is 0 Å². The van der Waals surface area contributed by atoms with Crippen molar-refractivity contribution in [2.24, 2.45) is 17.8 Å². The number of nitrogens with one attached hydrogen (secondary N) is 3. The Morgan fingerprint density at radius 1 is 0.477 bits per heavy atom. The van der Waals surface area contributed by atoms with Crippen LogP contribution in [0.3, 0.4) is 0 Å². The Kier molecular flexibility index (Phi) is 27.6. The van der Waals surface area contributed by atoms with Gasteiger partial charge < -0.3 is 60.3 Å². The zero-order chi connectivity index (χ0) is 66.2. The van der Waals surface area contributed by atoms with Gasteiger partial charge in [-0.25, -0.2) is 0 Å². The lowest BCUT2D eigenvalue weighted by atomic mass is 9.94. The number of nitrogens with zero attached hydrogens (tertiary/aromatic N) is 8. The van der Waals surface area contributed by atoms with Gasteiger partial charge in [-0.15, -0.1) is 0 Å². The molecule has 0 unspecified atom stereocenters. The fourth-order valence-electron chi connectivity index (χ4n) is 11.2. The van der Waals surface area contributed by atoms with Gasteiger partial charge in [0.05, 0.1) is 12.5 Å². The van der Waals surface area contributed by atoms with Crippen LogP contribution in [0.1, 0.15) is 125 Å². The van der Waals surface area contributed by atoms with Gasteiger partial charge in [0.2, 0.25) is 65.0 Å². The van der Waals surface area contributed by atoms with Crippen molar-refractivity contribution in [3.8, 4) is 0 Å². The molecule has 4 N–H and O–H groups in total. The molecule has 4 rings (SSSR count). The summed E-state index contributed by atoms with van der Waals surface area (Å²) in [6, 6.07) is 4.48. The quantitative estimate of drug-likeness (QED) is 0.239. The number of carbonyl (C=O) groups excluding carboxylic acids is 11. The first kappa shape index (κ1) is 73.0. The molecule has 12 atom stereocenters. The molecule has 2 heterocycles. The fourth-order valence-corrected chi connectivity index (χ4v) is 11.2. The third-order valence-electron chi connectivity index (χ3n) is 17.8. The minimum Gasteiger partial charge on any atom is -0.391 e. The minimum atomic E-state index is -1.70. The summed E-state index contributed by atoms with van der Waals surface area (Å²) in [4.78, 5) is 172. The third-order valence-corrected chi connectivity index (χ3v) is 17.8. The van der Waals surface area contributed by atoms with Crippen molar-refractivity contribution >= 4 is 65.0 Å². The molecular weight excluding hydrogens is 1130 g/mol. The summed E-state index contributed by atoms with van der Waals surface area (Å²) >= 11 is 0. The monoisotopic (exact) mass is 1230 g/mol. The van der Waals surface area contributed by atoms with Gasteiger partial charge in [-0.2, -0.15) is 0 Å². The van der Waals surface area contributed by atoms with Crippen LogP contribution in [0.25, 0.3) is 0 Å². The number of hydrogen-bond acceptors (Lipinski definition) is 12. The van der Waals surface area contributed by atoms with Crippen molar-refractivity contribution in [1.29, 1.82) is 0 Å². The molecule has 488 valence electrons. The SMILES string of the molecule is CC[C@H](C)[C@@H]1NC(=O)[C@H](C)N(C)C(=O)[C@@H](C)N(C)C(=O)C[C@@H](C(=O)N2CCCCC2)NC(=O)[C@H](CC(C)C)N(C)C(=O)[C@H](C)N(C)C(=O)[C@H](Cc2ccccc2)N(C)C(=O)[C@H]([C@@H](C)O)NC(=O)[C@H](Cc2ccccc2)N(C)C(=O)[C@H](CC(C)C)N(C)C1=O. The van der Waals surface area contributed by atoms with E-state index in [-0.39, 0.29) is 37.5 Å². The van der Waals surface area contributed by atoms with Gasteiger partial charge in [0.1, 0.15) is 60.4 Å². The number of likely N-dealkylation sites (tertiary alicyclic amines) is 1. The van der Waals surface area contributed by atoms with Gasteiger partial charge >= 0.3 is 0 Å². The number of hydrogen-bond donors (Lipinski definition) is 4. The van der Waals surface area contributed by atoms with Crippen LogP contribution >= 0.6 is 0 Å². The van der Waals surface area contributed by atoms with Crippen LogP contribution in [-0.2, 0) is 65.6 Å². The number of rotatable bonds is 12. The largest absolute Gasteiger partial charge is 0.391 e. The molecule has 23 nitrogen and oxygen atoms in total. The Labute approximate surface area is 521 Å². The zero-order valence-electron chi connectivity index (χ0n) is 55.2. The number of carbonyl (C=O) groups is 11. The van der Waals surface area contributed by atoms with Crippen LogP contribution in [0, 0.1) is 17.8 Å². The van der Waals surface area contributed by atoms with Crippen LogP contribution in [0.2, 0.25) is 0 Å². The van der Waals surface area contributed by atoms with Crippen LogP contribution in [0.5, 0.6) is 0 Å². The van der Waals surface area contributed by atoms with E-state index in [1.807, 2.05) is 34.6 Å². The molecule has 0 aliphatic carbocycles. The lowest BCUT2D eigenvalue weighted by Gasteiger charge is -2.39. The zero-order valence-corrected chi connectivity index (χ0v) is 55.2. The molecule has 2 fully saturated rings. The maximum atomic E-state index is 15.2. The topological polar surface area (TPSA) is 270 Å². The Morgan fingerprint density at radius 3 is 1.40 bits per heavy atom. The van der Waals surface area contributed by atoms with E-state index in [9.17, 15) is 38.7 Å². The molecule has 0 saturated carbocycles. The number of aliphatic hydroxyl groups excluding tert-OH is 1. The second kappa shape index (κ2) is 33.2. The van der Waals surface area contributed by atoms with Crippen molar-refractivity contribution in [1.82, 2.24) is 55.1 Å². The highest BCUT2D eigenvalue weighted by molar-refractivity contribution is 6.00. The maximum absolute atomic E-state index is 15.2. The summed E-state index contributed by atoms with van der Waals surface area (Å²) in [6.07, 6.45) is 0.602. The molecule has 23 heteroatoms. The molecular formula is C65H101N11O12. The summed E-state index contributed by atoms with van der Waals surface area (Å²) in [5.41, 5.74) is 1.27. The number of aliphatic hydroxyl groups is 1. The van der Waals surface area contributed by atoms with Gasteiger partial charge in [-0.05, 0) is 88.7 Å². The maximum Gasteiger partial charge on any atom is 0.248 e. The van der Waals surface area contributed by atoms with Crippen LogP contribution in [0.4, 0.5) is 0 Å². The number of likely N-dealkylation sites (N-methyl/N-ethyl adjacent to an activating group) is 7. The van der Waals surface area contributed by atoms with E-state index >= 15 is 19.2 Å². The highest BCUT2D eigenvalue weighted by atomic mass is 16.3. The van der Waals surface area contributed by atoms with Crippen LogP contribution in [0.15, 0.2) is 60.7 Å². The highest BCUT2D eigenvalue weighted by Crippen LogP contribution is 2.24. The summed E-state index contributed by atoms with van der Waals surface area (Å²) in [5, 5.41) is 19.8. The molecule has 0 radical (unpaired) electrons. The predicted molar refractivity (Wildman–Crippen MR) is 334 cm³/mol. The second-order valence-corrected chi connectivity index (χ2v) is 25.2. The van der Waals surface area contributed by atoms with E-state index in [0.29, 0.717) is 43.5 Å². The lowest BCUT2D eigenvalue weighted by Crippen LogP contribution is -2.63. The Morgan fingerprint density at radius 2 is 0.886 bits per heavy atom. The molecule has 0 bridgehead atoms. The van der Waals surface area contributed by atoms with Gasteiger partial charge in [0, 0.05) is 75.3 Å². The fraction of sp³-hybridized carbons (Fsp3) is 0.646. The Bertz CT molecular complexity index is 2740. The third kappa shape index (κ3) is 18.8. The molecule has 2 aliphatic rings. The van der Waals surface area contributed by atoms with Gasteiger partial charge in [-0.3, -0.25) is 52.7 Å². The predicted octanol–water partition coefficient (Wildman–Crippen LogP) is 2.71. The first-order valence-corrected chi connectivity index (χ1v) is 31.1. The summed E-state index contributed by atoms with van der Waals surface area (Å²) in [6.45, 7) is 17.5. The molecule has 2 aromatic carbocycles. The standard InChI is InChI=1S/C65H101N11O12/c1-18-41(6)54-64(87)74(16)51(35-40(4)5)63(86)73(15)50(36-46-28-22-19-23-29-46)58(81)68-55(45(10)77)65(88)75(17)52(37-47-30-24-20-25-31-47)62(85)71(13)44(9)60(83)72(14)49(34-39(2)3)57(80)66-48(61(84)76-32-26-21-27-33-76)38-53(78)69(11)43(8)59(82)70(12)42(7)56(79)67-54/h19-20,22-25,28-31,39-45,48-52,54-55,77H,18,21,26-27,32-38H2,1-17H3,(H,66,80)(H,67,79)(H,68,81)/t41-,42-,43+,44-,45+,48-,49-,50-,51-,52-,54-,55-/m0/s1. The minimum absolute atomic E-state index is 0.0763. The molecule has 2 aromatic rings. The first-order valence-electron chi connectivity index (χ1n) is 31.1. The van der Waals surface area contributed by atoms with Crippen LogP contribution < -0.4 is 16.0 Å². The summed E-state index contributed by atoms with van der Waals surface area (Å²) in [7, 11) is 9.79. The number of amides is 11. The van der Waals surface area contributed by atoms with E-state index in [1.54, 1.807) is 72.5 Å². The number of piperidine rings is 1. The Hall–Kier alpha value is -7.43. The van der Waals surface area contributed by atoms with Gasteiger partial charge in [-0.1, -0.05) is 109 Å². The van der Waals surface area contributed by atoms with Crippen LogP contribution in [-0.4, -0.2) is 238 Å². The summed E-state index contributed by atoms with van der Waals surface area (Å²) < 4.78 is 0. The van der Waals surface area contributed by atoms with Crippen molar-refractivity contribution in [3.63, 3.8) is 0 Å². The molecule has 0 aromatic heterocycles. The van der Waals surface area contributed by atoms with Crippen molar-refractivity contribution in [2.75, 3.05) is 62.4 Å². The molecule has 0 spiro atoms. The van der Waals surface area contributed by atoms with Gasteiger partial charge in [0.25, 0.3) is 0 Å². The van der Waals surface area contributed by atoms with Crippen molar-refractivity contribution in [3.05, 3.63) is 71.8 Å². The first-order chi connectivity index (χ1) is 41.3. The van der Waals surface area contributed by atoms with E-state index in [4.69, 9.17) is 0 Å². The second-order valence-electron chi connectivity index (χ2n) is 25.2. The van der Waals surface area contributed by atoms with E-state index in [1.165, 1.54) is 91.7 Å². The highest BCUT2D eigenvalue weighted by Gasteiger charge is 2.44. The Balaban J connectivity index is 1.94. The molecule has 88 heavy (non-hydrogen) atoms. The van der Waals surface area contributed by atoms with Crippen molar-refractivity contribution < 1.29 is 57.8 Å². The number of benzene rings is 2. The van der Waals surface area contributed by atoms with E-state index in [0.717, 1.165) is 26.0 Å². The smallest absolute Gasteiger partial charge is 0.248 e. The normalized spacial score (nSPS) is 26.7. The molecule has 2 aliphatic heterocycles. The lowest BCUT2D eigenvalue weighted by molar-refractivity contribution is -0.153. The average Bonchev–Trinajstić information content (AvgIpc) is 1.58. The van der Waals surface area contributed by atoms with E-state index < -0.39 is 144 Å².